The van der Waals surface area contributed by atoms with Gasteiger partial charge in [-0.25, -0.2) is 0 Å². The Balaban J connectivity index is 1.94. The number of carbonyl (C=O) groups is 2. The summed E-state index contributed by atoms with van der Waals surface area (Å²) in [4.78, 5) is 24.5. The van der Waals surface area contributed by atoms with Crippen molar-refractivity contribution in [3.8, 4) is 0 Å². The van der Waals surface area contributed by atoms with Gasteiger partial charge in [0.25, 0.3) is 0 Å². The molecule has 0 aromatic rings. The highest BCUT2D eigenvalue weighted by molar-refractivity contribution is 6.00. The lowest BCUT2D eigenvalue weighted by Crippen LogP contribution is -2.70. The highest BCUT2D eigenvalue weighted by Gasteiger charge is 2.78. The van der Waals surface area contributed by atoms with E-state index in [0.717, 1.165) is 19.3 Å². The molecular formula is C16H22O5. The number of ether oxygens (including phenoxy) is 1. The lowest BCUT2D eigenvalue weighted by atomic mass is 9.60. The van der Waals surface area contributed by atoms with Crippen molar-refractivity contribution in [3.63, 3.8) is 0 Å². The van der Waals surface area contributed by atoms with Crippen molar-refractivity contribution in [2.45, 2.75) is 50.7 Å². The van der Waals surface area contributed by atoms with Crippen LogP contribution in [0.4, 0.5) is 0 Å². The van der Waals surface area contributed by atoms with Crippen LogP contribution < -0.4 is 0 Å². The predicted molar refractivity (Wildman–Crippen MR) is 74.2 cm³/mol. The van der Waals surface area contributed by atoms with Gasteiger partial charge in [-0.1, -0.05) is 12.2 Å². The summed E-state index contributed by atoms with van der Waals surface area (Å²) >= 11 is 0. The Hall–Kier alpha value is -1.20. The summed E-state index contributed by atoms with van der Waals surface area (Å²) in [5.74, 6) is -1.17. The Labute approximate surface area is 124 Å². The third kappa shape index (κ3) is 1.77. The van der Waals surface area contributed by atoms with Crippen LogP contribution in [0.2, 0.25) is 0 Å². The molecule has 0 amide bonds. The van der Waals surface area contributed by atoms with Crippen LogP contribution in [-0.4, -0.2) is 40.3 Å². The van der Waals surface area contributed by atoms with E-state index in [0.29, 0.717) is 0 Å². The van der Waals surface area contributed by atoms with E-state index in [1.54, 1.807) is 6.92 Å². The van der Waals surface area contributed by atoms with E-state index in [4.69, 9.17) is 9.84 Å². The van der Waals surface area contributed by atoms with E-state index in [2.05, 4.69) is 0 Å². The third-order valence-corrected chi connectivity index (χ3v) is 5.68. The maximum Gasteiger partial charge on any atom is 0.319 e. The van der Waals surface area contributed by atoms with Crippen LogP contribution in [0.1, 0.15) is 39.0 Å². The molecule has 5 atom stereocenters. The summed E-state index contributed by atoms with van der Waals surface area (Å²) in [5, 5.41) is 20.0. The van der Waals surface area contributed by atoms with Crippen molar-refractivity contribution in [3.05, 3.63) is 12.2 Å². The first-order valence-corrected chi connectivity index (χ1v) is 7.69. The molecule has 0 aromatic carbocycles. The fraction of sp³-hybridized carbons (Fsp3) is 0.750. The van der Waals surface area contributed by atoms with Gasteiger partial charge in [-0.2, -0.15) is 0 Å². The summed E-state index contributed by atoms with van der Waals surface area (Å²) in [6, 6.07) is 0. The smallest absolute Gasteiger partial charge is 0.319 e. The molecule has 5 heteroatoms. The summed E-state index contributed by atoms with van der Waals surface area (Å²) in [5.41, 5.74) is -2.11. The molecule has 0 aromatic heterocycles. The van der Waals surface area contributed by atoms with Crippen LogP contribution in [-0.2, 0) is 14.3 Å². The second-order valence-corrected chi connectivity index (χ2v) is 6.64. The number of hydrogen-bond acceptors (Lipinski definition) is 5. The van der Waals surface area contributed by atoms with Crippen molar-refractivity contribution in [1.29, 1.82) is 0 Å². The zero-order valence-electron chi connectivity index (χ0n) is 12.2. The monoisotopic (exact) mass is 294 g/mol. The molecule has 1 heterocycles. The summed E-state index contributed by atoms with van der Waals surface area (Å²) in [6.45, 7) is 1.61. The van der Waals surface area contributed by atoms with Gasteiger partial charge in [-0.15, -0.1) is 0 Å². The Kier molecular flexibility index (Phi) is 3.45. The summed E-state index contributed by atoms with van der Waals surface area (Å²) in [7, 11) is 0. The summed E-state index contributed by atoms with van der Waals surface area (Å²) < 4.78 is 5.35. The van der Waals surface area contributed by atoms with Crippen LogP contribution in [0.15, 0.2) is 12.2 Å². The number of esters is 1. The molecule has 1 saturated heterocycles. The fourth-order valence-corrected chi connectivity index (χ4v) is 4.42. The normalized spacial score (nSPS) is 43.2. The summed E-state index contributed by atoms with van der Waals surface area (Å²) in [6.07, 6.45) is 6.18. The number of aliphatic hydroxyl groups excluding tert-OH is 2. The second kappa shape index (κ2) is 4.92. The molecule has 5 nitrogen and oxygen atoms in total. The minimum Gasteiger partial charge on any atom is -0.457 e. The van der Waals surface area contributed by atoms with Gasteiger partial charge < -0.3 is 14.9 Å². The first-order chi connectivity index (χ1) is 9.97. The molecular weight excluding hydrogens is 272 g/mol. The molecule has 116 valence electrons. The maximum atomic E-state index is 12.3. The van der Waals surface area contributed by atoms with Gasteiger partial charge in [0.1, 0.15) is 16.8 Å². The van der Waals surface area contributed by atoms with Gasteiger partial charge in [0.2, 0.25) is 0 Å². The third-order valence-electron chi connectivity index (χ3n) is 5.68. The zero-order valence-corrected chi connectivity index (χ0v) is 12.2. The molecule has 0 radical (unpaired) electrons. The molecule has 0 spiro atoms. The number of hydrogen-bond donors (Lipinski definition) is 2. The number of rotatable bonds is 4. The van der Waals surface area contributed by atoms with Gasteiger partial charge in [0, 0.05) is 18.9 Å². The number of carbonyl (C=O) groups excluding carboxylic acids is 2. The number of ketones is 1. The average molecular weight is 294 g/mol. The molecule has 3 rings (SSSR count). The quantitative estimate of drug-likeness (QED) is 0.596. The number of aliphatic hydroxyl groups is 2. The Morgan fingerprint density at radius 2 is 2.24 bits per heavy atom. The molecule has 1 aliphatic heterocycles. The van der Waals surface area contributed by atoms with Crippen molar-refractivity contribution < 1.29 is 24.5 Å². The molecule has 1 saturated carbocycles. The number of Topliss-reactive ketones (excluding diaryl/α,β-unsaturated/α-hetero) is 1. The van der Waals surface area contributed by atoms with Gasteiger partial charge in [0.15, 0.2) is 0 Å². The SMILES string of the molecule is C[C@@]12OC(=O)[C@]1([C@@H](O)[C@@H]1C=CCCC1)CC(=O)[C@@H]2CCO. The molecule has 2 N–H and O–H groups in total. The lowest BCUT2D eigenvalue weighted by Gasteiger charge is -2.55. The maximum absolute atomic E-state index is 12.3. The minimum atomic E-state index is -1.13. The van der Waals surface area contributed by atoms with E-state index in [9.17, 15) is 14.7 Å². The van der Waals surface area contributed by atoms with Gasteiger partial charge in [-0.05, 0) is 32.6 Å². The fourth-order valence-electron chi connectivity index (χ4n) is 4.42. The van der Waals surface area contributed by atoms with Crippen LogP contribution in [0.25, 0.3) is 0 Å². The van der Waals surface area contributed by atoms with Gasteiger partial charge in [-0.3, -0.25) is 9.59 Å². The zero-order chi connectivity index (χ0) is 15.3. The van der Waals surface area contributed by atoms with Crippen molar-refractivity contribution in [2.75, 3.05) is 6.61 Å². The van der Waals surface area contributed by atoms with Crippen molar-refractivity contribution >= 4 is 11.8 Å². The highest BCUT2D eigenvalue weighted by Crippen LogP contribution is 2.62. The van der Waals surface area contributed by atoms with Crippen LogP contribution >= 0.6 is 0 Å². The van der Waals surface area contributed by atoms with E-state index < -0.39 is 29.0 Å². The van der Waals surface area contributed by atoms with Crippen molar-refractivity contribution in [1.82, 2.24) is 0 Å². The molecule has 2 aliphatic carbocycles. The molecule has 2 fully saturated rings. The average Bonchev–Trinajstić information content (AvgIpc) is 2.65. The van der Waals surface area contributed by atoms with Crippen molar-refractivity contribution in [2.24, 2.45) is 17.3 Å². The second-order valence-electron chi connectivity index (χ2n) is 6.64. The standard InChI is InChI=1S/C16H22O5/c1-15-11(7-8-17)12(18)9-16(15,14(20)21-15)13(19)10-5-3-2-4-6-10/h3,5,10-11,13,17,19H,2,4,6-9H2,1H3/t10-,11+,13+,15+,16-/m1/s1. The van der Waals surface area contributed by atoms with Gasteiger partial charge in [0.05, 0.1) is 12.0 Å². The van der Waals surface area contributed by atoms with E-state index >= 15 is 0 Å². The van der Waals surface area contributed by atoms with E-state index in [1.165, 1.54) is 0 Å². The van der Waals surface area contributed by atoms with E-state index in [1.807, 2.05) is 12.2 Å². The number of allylic oxidation sites excluding steroid dienone is 1. The van der Waals surface area contributed by atoms with Crippen LogP contribution in [0, 0.1) is 17.3 Å². The topological polar surface area (TPSA) is 83.8 Å². The lowest BCUT2D eigenvalue weighted by molar-refractivity contribution is -0.263. The highest BCUT2D eigenvalue weighted by atomic mass is 16.6. The molecule has 0 bridgehead atoms. The van der Waals surface area contributed by atoms with Crippen LogP contribution in [0.5, 0.6) is 0 Å². The first kappa shape index (κ1) is 14.7. The van der Waals surface area contributed by atoms with Crippen LogP contribution in [0.3, 0.4) is 0 Å². The largest absolute Gasteiger partial charge is 0.457 e. The van der Waals surface area contributed by atoms with E-state index in [-0.39, 0.29) is 31.1 Å². The Morgan fingerprint density at radius 1 is 1.48 bits per heavy atom. The Bertz CT molecular complexity index is 499. The first-order valence-electron chi connectivity index (χ1n) is 7.69. The molecule has 3 aliphatic rings. The molecule has 21 heavy (non-hydrogen) atoms. The van der Waals surface area contributed by atoms with Gasteiger partial charge >= 0.3 is 5.97 Å². The predicted octanol–water partition coefficient (Wildman–Crippen LogP) is 0.977. The number of fused-ring (bicyclic) bond motifs is 1. The molecule has 0 unspecified atom stereocenters. The minimum absolute atomic E-state index is 0.0263. The Morgan fingerprint density at radius 3 is 2.81 bits per heavy atom.